The minimum Gasteiger partial charge on any atom is -0.315 e. The Balaban J connectivity index is 2.06. The van der Waals surface area contributed by atoms with Gasteiger partial charge in [0.25, 0.3) is 0 Å². The van der Waals surface area contributed by atoms with Crippen LogP contribution in [0.2, 0.25) is 0 Å². The van der Waals surface area contributed by atoms with E-state index in [1.54, 1.807) is 0 Å². The maximum Gasteiger partial charge on any atom is 0.0110 e. The summed E-state index contributed by atoms with van der Waals surface area (Å²) in [5, 5.41) is 3.46. The molecule has 2 heteroatoms. The van der Waals surface area contributed by atoms with Crippen LogP contribution in [-0.4, -0.2) is 37.1 Å². The van der Waals surface area contributed by atoms with Crippen molar-refractivity contribution in [3.63, 3.8) is 0 Å². The van der Waals surface area contributed by atoms with Crippen LogP contribution in [0.15, 0.2) is 0 Å². The number of nitrogens with one attached hydrogen (secondary N) is 1. The Morgan fingerprint density at radius 2 is 2.15 bits per heavy atom. The zero-order chi connectivity index (χ0) is 9.52. The highest BCUT2D eigenvalue weighted by Gasteiger charge is 2.21. The summed E-state index contributed by atoms with van der Waals surface area (Å²) in [5.74, 6) is 0. The first-order valence-corrected chi connectivity index (χ1v) is 5.83. The van der Waals surface area contributed by atoms with Crippen LogP contribution in [0.3, 0.4) is 0 Å². The van der Waals surface area contributed by atoms with Crippen molar-refractivity contribution >= 4 is 0 Å². The van der Waals surface area contributed by atoms with Gasteiger partial charge in [-0.3, -0.25) is 4.90 Å². The summed E-state index contributed by atoms with van der Waals surface area (Å²) in [7, 11) is 0. The van der Waals surface area contributed by atoms with Gasteiger partial charge in [-0.15, -0.1) is 0 Å². The smallest absolute Gasteiger partial charge is 0.0110 e. The SMILES string of the molecule is CCCNCCN1CCCC1CC. The molecule has 0 spiro atoms. The molecule has 0 amide bonds. The fraction of sp³-hybridized carbons (Fsp3) is 1.00. The van der Waals surface area contributed by atoms with E-state index in [2.05, 4.69) is 24.1 Å². The van der Waals surface area contributed by atoms with Crippen molar-refractivity contribution in [3.8, 4) is 0 Å². The zero-order valence-electron chi connectivity index (χ0n) is 9.18. The van der Waals surface area contributed by atoms with Gasteiger partial charge in [0.1, 0.15) is 0 Å². The molecule has 0 saturated carbocycles. The lowest BCUT2D eigenvalue weighted by atomic mass is 10.2. The highest BCUT2D eigenvalue weighted by atomic mass is 15.2. The number of rotatable bonds is 6. The fourth-order valence-corrected chi connectivity index (χ4v) is 2.18. The lowest BCUT2D eigenvalue weighted by Gasteiger charge is -2.23. The lowest BCUT2D eigenvalue weighted by Crippen LogP contribution is -2.35. The summed E-state index contributed by atoms with van der Waals surface area (Å²) in [6.07, 6.45) is 5.40. The van der Waals surface area contributed by atoms with Crippen LogP contribution in [0, 0.1) is 0 Å². The van der Waals surface area contributed by atoms with Crippen molar-refractivity contribution in [3.05, 3.63) is 0 Å². The lowest BCUT2D eigenvalue weighted by molar-refractivity contribution is 0.248. The molecule has 1 heterocycles. The summed E-state index contributed by atoms with van der Waals surface area (Å²) in [6, 6.07) is 0.878. The molecular formula is C11H24N2. The third-order valence-corrected chi connectivity index (χ3v) is 2.97. The Labute approximate surface area is 82.7 Å². The van der Waals surface area contributed by atoms with E-state index in [9.17, 15) is 0 Å². The van der Waals surface area contributed by atoms with Crippen LogP contribution in [0.25, 0.3) is 0 Å². The molecule has 0 aromatic rings. The summed E-state index contributed by atoms with van der Waals surface area (Å²) < 4.78 is 0. The van der Waals surface area contributed by atoms with Crippen molar-refractivity contribution in [1.29, 1.82) is 0 Å². The first-order chi connectivity index (χ1) is 6.38. The van der Waals surface area contributed by atoms with Gasteiger partial charge in [-0.05, 0) is 38.8 Å². The quantitative estimate of drug-likeness (QED) is 0.634. The average molecular weight is 184 g/mol. The Morgan fingerprint density at radius 1 is 1.31 bits per heavy atom. The summed E-state index contributed by atoms with van der Waals surface area (Å²) >= 11 is 0. The minimum atomic E-state index is 0.878. The van der Waals surface area contributed by atoms with Gasteiger partial charge >= 0.3 is 0 Å². The normalized spacial score (nSPS) is 24.0. The molecule has 0 aromatic carbocycles. The van der Waals surface area contributed by atoms with E-state index in [4.69, 9.17) is 0 Å². The average Bonchev–Trinajstić information content (AvgIpc) is 2.60. The van der Waals surface area contributed by atoms with Gasteiger partial charge < -0.3 is 5.32 Å². The number of hydrogen-bond donors (Lipinski definition) is 1. The Morgan fingerprint density at radius 3 is 2.85 bits per heavy atom. The van der Waals surface area contributed by atoms with E-state index >= 15 is 0 Å². The van der Waals surface area contributed by atoms with E-state index in [1.807, 2.05) is 0 Å². The molecule has 0 aliphatic carbocycles. The standard InChI is InChI=1S/C11H24N2/c1-3-7-12-8-10-13-9-5-6-11(13)4-2/h11-12H,3-10H2,1-2H3. The second-order valence-electron chi connectivity index (χ2n) is 3.99. The van der Waals surface area contributed by atoms with Gasteiger partial charge in [0.2, 0.25) is 0 Å². The van der Waals surface area contributed by atoms with Crippen molar-refractivity contribution in [1.82, 2.24) is 10.2 Å². The van der Waals surface area contributed by atoms with Gasteiger partial charge in [-0.1, -0.05) is 13.8 Å². The molecule has 1 atom stereocenters. The van der Waals surface area contributed by atoms with Crippen molar-refractivity contribution in [2.75, 3.05) is 26.2 Å². The summed E-state index contributed by atoms with van der Waals surface area (Å²) in [6.45, 7) is 9.44. The molecular weight excluding hydrogens is 160 g/mol. The van der Waals surface area contributed by atoms with E-state index in [0.717, 1.165) is 6.04 Å². The van der Waals surface area contributed by atoms with Crippen LogP contribution in [-0.2, 0) is 0 Å². The molecule has 1 aliphatic heterocycles. The monoisotopic (exact) mass is 184 g/mol. The largest absolute Gasteiger partial charge is 0.315 e. The highest BCUT2D eigenvalue weighted by Crippen LogP contribution is 2.18. The van der Waals surface area contributed by atoms with E-state index in [1.165, 1.54) is 51.9 Å². The molecule has 1 aliphatic rings. The van der Waals surface area contributed by atoms with Crippen LogP contribution in [0.4, 0.5) is 0 Å². The third-order valence-electron chi connectivity index (χ3n) is 2.97. The summed E-state index contributed by atoms with van der Waals surface area (Å²) in [5.41, 5.74) is 0. The van der Waals surface area contributed by atoms with Crippen LogP contribution in [0.5, 0.6) is 0 Å². The molecule has 2 nitrogen and oxygen atoms in total. The molecule has 0 radical (unpaired) electrons. The van der Waals surface area contributed by atoms with Gasteiger partial charge in [-0.25, -0.2) is 0 Å². The van der Waals surface area contributed by atoms with E-state index in [0.29, 0.717) is 0 Å². The van der Waals surface area contributed by atoms with Crippen LogP contribution < -0.4 is 5.32 Å². The van der Waals surface area contributed by atoms with Gasteiger partial charge in [-0.2, -0.15) is 0 Å². The molecule has 0 bridgehead atoms. The number of hydrogen-bond acceptors (Lipinski definition) is 2. The zero-order valence-corrected chi connectivity index (χ0v) is 9.18. The minimum absolute atomic E-state index is 0.878. The van der Waals surface area contributed by atoms with Crippen LogP contribution in [0.1, 0.15) is 39.5 Å². The number of nitrogens with zero attached hydrogens (tertiary/aromatic N) is 1. The second kappa shape index (κ2) is 6.39. The van der Waals surface area contributed by atoms with Crippen molar-refractivity contribution in [2.45, 2.75) is 45.6 Å². The molecule has 1 saturated heterocycles. The Hall–Kier alpha value is -0.0800. The van der Waals surface area contributed by atoms with Gasteiger partial charge in [0.05, 0.1) is 0 Å². The molecule has 13 heavy (non-hydrogen) atoms. The Bertz CT molecular complexity index is 125. The third kappa shape index (κ3) is 3.65. The molecule has 1 fully saturated rings. The van der Waals surface area contributed by atoms with Gasteiger partial charge in [0.15, 0.2) is 0 Å². The van der Waals surface area contributed by atoms with Gasteiger partial charge in [0, 0.05) is 19.1 Å². The topological polar surface area (TPSA) is 15.3 Å². The Kier molecular flexibility index (Phi) is 5.40. The van der Waals surface area contributed by atoms with Crippen LogP contribution >= 0.6 is 0 Å². The maximum absolute atomic E-state index is 3.46. The first-order valence-electron chi connectivity index (χ1n) is 5.83. The predicted molar refractivity (Wildman–Crippen MR) is 58.0 cm³/mol. The van der Waals surface area contributed by atoms with E-state index < -0.39 is 0 Å². The second-order valence-corrected chi connectivity index (χ2v) is 3.99. The molecule has 1 rings (SSSR count). The molecule has 1 N–H and O–H groups in total. The molecule has 0 aromatic heterocycles. The predicted octanol–water partition coefficient (Wildman–Crippen LogP) is 1.86. The summed E-state index contributed by atoms with van der Waals surface area (Å²) in [4.78, 5) is 2.64. The number of likely N-dealkylation sites (tertiary alicyclic amines) is 1. The first kappa shape index (κ1) is 11.0. The highest BCUT2D eigenvalue weighted by molar-refractivity contribution is 4.77. The van der Waals surface area contributed by atoms with Crippen molar-refractivity contribution < 1.29 is 0 Å². The fourth-order valence-electron chi connectivity index (χ4n) is 2.18. The maximum atomic E-state index is 3.46. The molecule has 1 unspecified atom stereocenters. The van der Waals surface area contributed by atoms with E-state index in [-0.39, 0.29) is 0 Å². The van der Waals surface area contributed by atoms with Crippen molar-refractivity contribution in [2.24, 2.45) is 0 Å². The molecule has 78 valence electrons.